The fourth-order valence-electron chi connectivity index (χ4n) is 2.01. The van der Waals surface area contributed by atoms with E-state index in [0.717, 1.165) is 0 Å². The molecule has 1 fully saturated rings. The molecule has 1 saturated heterocycles. The maximum atomic E-state index is 12.3. The smallest absolute Gasteiger partial charge is 0.333 e. The molecule has 5 nitrogen and oxygen atoms in total. The maximum absolute atomic E-state index is 12.3. The summed E-state index contributed by atoms with van der Waals surface area (Å²) in [6.45, 7) is -1.58. The second-order valence-electron chi connectivity index (χ2n) is 4.65. The van der Waals surface area contributed by atoms with Crippen LogP contribution in [0.2, 0.25) is 5.15 Å². The molecule has 0 spiro atoms. The van der Waals surface area contributed by atoms with Crippen LogP contribution >= 0.6 is 11.6 Å². The number of rotatable bonds is 3. The Balaban J connectivity index is 1.95. The van der Waals surface area contributed by atoms with E-state index in [9.17, 15) is 22.8 Å². The lowest BCUT2D eigenvalue weighted by atomic mass is 10.1. The van der Waals surface area contributed by atoms with Crippen molar-refractivity contribution >= 4 is 29.1 Å². The number of alkyl halides is 3. The highest BCUT2D eigenvalue weighted by atomic mass is 35.5. The van der Waals surface area contributed by atoms with Crippen LogP contribution in [0.25, 0.3) is 0 Å². The Labute approximate surface area is 123 Å². The van der Waals surface area contributed by atoms with E-state index in [0.29, 0.717) is 10.6 Å². The Morgan fingerprint density at radius 3 is 2.76 bits per heavy atom. The van der Waals surface area contributed by atoms with E-state index in [1.54, 1.807) is 0 Å². The summed E-state index contributed by atoms with van der Waals surface area (Å²) in [7, 11) is 0. The van der Waals surface area contributed by atoms with Crippen LogP contribution in [0.3, 0.4) is 0 Å². The molecule has 1 aromatic heterocycles. The van der Waals surface area contributed by atoms with E-state index < -0.39 is 30.5 Å². The number of carbonyl (C=O) groups is 2. The van der Waals surface area contributed by atoms with Gasteiger partial charge in [0.15, 0.2) is 0 Å². The van der Waals surface area contributed by atoms with E-state index in [1.807, 2.05) is 0 Å². The van der Waals surface area contributed by atoms with Crippen molar-refractivity contribution in [3.63, 3.8) is 0 Å². The summed E-state index contributed by atoms with van der Waals surface area (Å²) in [6, 6.07) is 2.98. The summed E-state index contributed by atoms with van der Waals surface area (Å²) in [5, 5.41) is 2.75. The quantitative estimate of drug-likeness (QED) is 0.867. The van der Waals surface area contributed by atoms with Gasteiger partial charge in [-0.15, -0.1) is 0 Å². The van der Waals surface area contributed by atoms with Crippen LogP contribution < -0.4 is 5.32 Å². The minimum absolute atomic E-state index is 0.233. The van der Waals surface area contributed by atoms with Gasteiger partial charge in [0.25, 0.3) is 0 Å². The van der Waals surface area contributed by atoms with Crippen LogP contribution in [0.5, 0.6) is 0 Å². The summed E-state index contributed by atoms with van der Waals surface area (Å²) in [5.41, 5.74) is 0.367. The fourth-order valence-corrected chi connectivity index (χ4v) is 2.12. The van der Waals surface area contributed by atoms with Gasteiger partial charge in [0.1, 0.15) is 11.7 Å². The molecule has 0 saturated carbocycles. The third-order valence-electron chi connectivity index (χ3n) is 2.95. The van der Waals surface area contributed by atoms with Crippen molar-refractivity contribution in [2.45, 2.75) is 12.6 Å². The van der Waals surface area contributed by atoms with Gasteiger partial charge >= 0.3 is 6.18 Å². The van der Waals surface area contributed by atoms with Crippen molar-refractivity contribution in [3.8, 4) is 0 Å². The van der Waals surface area contributed by atoms with Crippen LogP contribution in [-0.4, -0.2) is 41.0 Å². The summed E-state index contributed by atoms with van der Waals surface area (Å²) >= 11 is 5.59. The van der Waals surface area contributed by atoms with Crippen LogP contribution in [0.1, 0.15) is 6.42 Å². The number of amides is 2. The highest BCUT2D eigenvalue weighted by molar-refractivity contribution is 6.29. The first-order valence-electron chi connectivity index (χ1n) is 6.01. The molecule has 1 atom stereocenters. The SMILES string of the molecule is O=C(Nc1ccc(Cl)nc1)[C@@H]1CC(=O)N(CC(F)(F)F)C1. The number of carbonyl (C=O) groups excluding carboxylic acids is 2. The summed E-state index contributed by atoms with van der Waals surface area (Å²) in [4.78, 5) is 27.8. The second-order valence-corrected chi connectivity index (χ2v) is 5.04. The zero-order chi connectivity index (χ0) is 15.6. The van der Waals surface area contributed by atoms with Crippen molar-refractivity contribution < 1.29 is 22.8 Å². The standard InChI is InChI=1S/C12H11ClF3N3O2/c13-9-2-1-8(4-17-9)18-11(21)7-3-10(20)19(5-7)6-12(14,15)16/h1-2,4,7H,3,5-6H2,(H,18,21)/t7-/m1/s1. The van der Waals surface area contributed by atoms with E-state index >= 15 is 0 Å². The van der Waals surface area contributed by atoms with Crippen molar-refractivity contribution in [3.05, 3.63) is 23.5 Å². The molecule has 1 N–H and O–H groups in total. The first kappa shape index (κ1) is 15.6. The summed E-state index contributed by atoms with van der Waals surface area (Å²) in [5.74, 6) is -2.01. The molecule has 1 aliphatic heterocycles. The Bertz CT molecular complexity index is 548. The average molecular weight is 322 g/mol. The fraction of sp³-hybridized carbons (Fsp3) is 0.417. The van der Waals surface area contributed by atoms with Gasteiger partial charge in [0.2, 0.25) is 11.8 Å². The predicted octanol–water partition coefficient (Wildman–Crippen LogP) is 2.08. The minimum Gasteiger partial charge on any atom is -0.333 e. The predicted molar refractivity (Wildman–Crippen MR) is 68.6 cm³/mol. The third-order valence-corrected chi connectivity index (χ3v) is 3.17. The van der Waals surface area contributed by atoms with E-state index in [1.165, 1.54) is 18.3 Å². The molecule has 0 aliphatic carbocycles. The van der Waals surface area contributed by atoms with Crippen LogP contribution in [0.4, 0.5) is 18.9 Å². The molecule has 2 rings (SSSR count). The number of anilines is 1. The van der Waals surface area contributed by atoms with E-state index in [-0.39, 0.29) is 18.1 Å². The molecule has 114 valence electrons. The highest BCUT2D eigenvalue weighted by Gasteiger charge is 2.40. The molecule has 2 amide bonds. The van der Waals surface area contributed by atoms with Gasteiger partial charge in [-0.05, 0) is 12.1 Å². The summed E-state index contributed by atoms with van der Waals surface area (Å²) < 4.78 is 36.8. The lowest BCUT2D eigenvalue weighted by Gasteiger charge is -2.18. The zero-order valence-corrected chi connectivity index (χ0v) is 11.4. The number of likely N-dealkylation sites (tertiary alicyclic amines) is 1. The van der Waals surface area contributed by atoms with Crippen LogP contribution in [0, 0.1) is 5.92 Å². The van der Waals surface area contributed by atoms with Crippen molar-refractivity contribution in [2.75, 3.05) is 18.4 Å². The molecular weight excluding hydrogens is 311 g/mol. The number of hydrogen-bond acceptors (Lipinski definition) is 3. The lowest BCUT2D eigenvalue weighted by Crippen LogP contribution is -2.36. The zero-order valence-electron chi connectivity index (χ0n) is 10.7. The van der Waals surface area contributed by atoms with Gasteiger partial charge in [-0.2, -0.15) is 13.2 Å². The molecular formula is C12H11ClF3N3O2. The molecule has 9 heteroatoms. The molecule has 1 aliphatic rings. The lowest BCUT2D eigenvalue weighted by molar-refractivity contribution is -0.157. The van der Waals surface area contributed by atoms with Gasteiger partial charge in [0.05, 0.1) is 17.8 Å². The van der Waals surface area contributed by atoms with Crippen molar-refractivity contribution in [2.24, 2.45) is 5.92 Å². The number of aromatic nitrogens is 1. The molecule has 0 aromatic carbocycles. The molecule has 0 bridgehead atoms. The van der Waals surface area contributed by atoms with Crippen LogP contribution in [-0.2, 0) is 9.59 Å². The van der Waals surface area contributed by atoms with Crippen molar-refractivity contribution in [1.82, 2.24) is 9.88 Å². The van der Waals surface area contributed by atoms with Crippen LogP contribution in [0.15, 0.2) is 18.3 Å². The number of nitrogens with one attached hydrogen (secondary N) is 1. The van der Waals surface area contributed by atoms with Gasteiger partial charge in [-0.1, -0.05) is 11.6 Å². The largest absolute Gasteiger partial charge is 0.406 e. The molecule has 0 unspecified atom stereocenters. The highest BCUT2D eigenvalue weighted by Crippen LogP contribution is 2.24. The molecule has 2 heterocycles. The second kappa shape index (κ2) is 5.88. The first-order chi connectivity index (χ1) is 9.74. The number of halogens is 4. The summed E-state index contributed by atoms with van der Waals surface area (Å²) in [6.07, 6.45) is -3.38. The van der Waals surface area contributed by atoms with Gasteiger partial charge in [-0.3, -0.25) is 9.59 Å². The number of pyridine rings is 1. The number of hydrogen-bond donors (Lipinski definition) is 1. The monoisotopic (exact) mass is 321 g/mol. The van der Waals surface area contributed by atoms with Gasteiger partial charge in [0, 0.05) is 13.0 Å². The Morgan fingerprint density at radius 1 is 1.48 bits per heavy atom. The Morgan fingerprint density at radius 2 is 2.19 bits per heavy atom. The molecule has 0 radical (unpaired) electrons. The normalized spacial score (nSPS) is 19.0. The Hall–Kier alpha value is -1.83. The first-order valence-corrected chi connectivity index (χ1v) is 6.39. The van der Waals surface area contributed by atoms with Gasteiger partial charge in [-0.25, -0.2) is 4.98 Å². The third kappa shape index (κ3) is 4.32. The van der Waals surface area contributed by atoms with Crippen molar-refractivity contribution in [1.29, 1.82) is 0 Å². The van der Waals surface area contributed by atoms with E-state index in [2.05, 4.69) is 10.3 Å². The Kier molecular flexibility index (Phi) is 4.36. The molecule has 21 heavy (non-hydrogen) atoms. The van der Waals surface area contributed by atoms with Gasteiger partial charge < -0.3 is 10.2 Å². The number of nitrogens with zero attached hydrogens (tertiary/aromatic N) is 2. The van der Waals surface area contributed by atoms with E-state index in [4.69, 9.17) is 11.6 Å². The minimum atomic E-state index is -4.47. The maximum Gasteiger partial charge on any atom is 0.406 e. The molecule has 1 aromatic rings. The topological polar surface area (TPSA) is 62.3 Å². The average Bonchev–Trinajstić information content (AvgIpc) is 2.72.